The predicted octanol–water partition coefficient (Wildman–Crippen LogP) is 1.25. The third kappa shape index (κ3) is 4.41. The number of sulfonamides is 1. The van der Waals surface area contributed by atoms with E-state index in [0.717, 1.165) is 12.1 Å². The van der Waals surface area contributed by atoms with Gasteiger partial charge in [0.15, 0.2) is 4.90 Å². The minimum absolute atomic E-state index is 0.0606. The molecule has 0 atom stereocenters. The molecule has 1 rings (SSSR count). The van der Waals surface area contributed by atoms with Gasteiger partial charge in [-0.05, 0) is 26.0 Å². The molecule has 0 aliphatic rings. The molecule has 1 aromatic rings. The van der Waals surface area contributed by atoms with Crippen molar-refractivity contribution < 1.29 is 21.9 Å². The fourth-order valence-corrected chi connectivity index (χ4v) is 2.51. The molecule has 0 fully saturated rings. The summed E-state index contributed by atoms with van der Waals surface area (Å²) >= 11 is 0. The minimum Gasteiger partial charge on any atom is -0.399 e. The summed E-state index contributed by atoms with van der Waals surface area (Å²) < 4.78 is 57.6. The summed E-state index contributed by atoms with van der Waals surface area (Å²) in [4.78, 5) is -1.04. The van der Waals surface area contributed by atoms with Gasteiger partial charge in [-0.25, -0.2) is 21.9 Å². The molecule has 0 bridgehead atoms. The number of anilines is 1. The van der Waals surface area contributed by atoms with E-state index in [4.69, 9.17) is 10.5 Å². The molecule has 8 heteroatoms. The molecule has 1 aromatic carbocycles. The molecule has 19 heavy (non-hydrogen) atoms. The predicted molar refractivity (Wildman–Crippen MR) is 67.0 cm³/mol. The van der Waals surface area contributed by atoms with E-state index in [-0.39, 0.29) is 24.9 Å². The zero-order chi connectivity index (χ0) is 14.6. The maximum Gasteiger partial charge on any atom is 0.246 e. The quantitative estimate of drug-likeness (QED) is 0.611. The van der Waals surface area contributed by atoms with Crippen LogP contribution in [0.15, 0.2) is 17.0 Å². The molecule has 0 heterocycles. The van der Waals surface area contributed by atoms with Crippen LogP contribution in [0.3, 0.4) is 0 Å². The summed E-state index contributed by atoms with van der Waals surface area (Å²) in [6.07, 6.45) is -0.0606. The zero-order valence-electron chi connectivity index (χ0n) is 10.6. The molecule has 3 N–H and O–H groups in total. The molecule has 0 saturated heterocycles. The van der Waals surface area contributed by atoms with Crippen molar-refractivity contribution in [3.05, 3.63) is 23.8 Å². The highest BCUT2D eigenvalue weighted by molar-refractivity contribution is 7.89. The number of ether oxygens (including phenoxy) is 1. The normalized spacial score (nSPS) is 12.1. The minimum atomic E-state index is -4.27. The molecule has 0 saturated carbocycles. The van der Waals surface area contributed by atoms with E-state index < -0.39 is 26.6 Å². The topological polar surface area (TPSA) is 81.4 Å². The Bertz CT molecular complexity index is 524. The average Bonchev–Trinajstić information content (AvgIpc) is 2.22. The number of nitrogens with two attached hydrogens (primary N) is 1. The summed E-state index contributed by atoms with van der Waals surface area (Å²) in [5.74, 6) is -2.45. The van der Waals surface area contributed by atoms with Crippen LogP contribution >= 0.6 is 0 Å². The van der Waals surface area contributed by atoms with Crippen LogP contribution in [-0.2, 0) is 14.8 Å². The van der Waals surface area contributed by atoms with Crippen LogP contribution in [0.25, 0.3) is 0 Å². The van der Waals surface area contributed by atoms with E-state index in [2.05, 4.69) is 4.72 Å². The maximum atomic E-state index is 13.5. The van der Waals surface area contributed by atoms with Crippen molar-refractivity contribution in [2.24, 2.45) is 0 Å². The lowest BCUT2D eigenvalue weighted by molar-refractivity contribution is 0.0833. The second-order valence-electron chi connectivity index (χ2n) is 4.13. The van der Waals surface area contributed by atoms with Crippen molar-refractivity contribution >= 4 is 15.7 Å². The van der Waals surface area contributed by atoms with Gasteiger partial charge in [0.2, 0.25) is 10.0 Å². The summed E-state index contributed by atoms with van der Waals surface area (Å²) in [6, 6.07) is 1.50. The lowest BCUT2D eigenvalue weighted by atomic mass is 10.3. The molecule has 0 aliphatic heterocycles. The summed E-state index contributed by atoms with van der Waals surface area (Å²) in [6.45, 7) is 3.60. The first-order valence-electron chi connectivity index (χ1n) is 5.60. The van der Waals surface area contributed by atoms with Crippen LogP contribution in [0.1, 0.15) is 13.8 Å². The number of benzene rings is 1. The highest BCUT2D eigenvalue weighted by Crippen LogP contribution is 2.21. The Kier molecular flexibility index (Phi) is 5.21. The molecule has 0 unspecified atom stereocenters. The molecular formula is C11H16F2N2O3S. The molecular weight excluding hydrogens is 278 g/mol. The van der Waals surface area contributed by atoms with Crippen molar-refractivity contribution in [2.45, 2.75) is 24.8 Å². The SMILES string of the molecule is CC(C)OCCNS(=O)(=O)c1c(F)cc(N)cc1F. The zero-order valence-corrected chi connectivity index (χ0v) is 11.4. The number of nitrogens with one attached hydrogen (secondary N) is 1. The third-order valence-corrected chi connectivity index (χ3v) is 3.65. The number of halogens is 2. The first-order chi connectivity index (χ1) is 8.74. The van der Waals surface area contributed by atoms with Gasteiger partial charge in [0, 0.05) is 12.2 Å². The van der Waals surface area contributed by atoms with Gasteiger partial charge in [-0.3, -0.25) is 0 Å². The van der Waals surface area contributed by atoms with Gasteiger partial charge >= 0.3 is 0 Å². The Labute approximate surface area is 110 Å². The lowest BCUT2D eigenvalue weighted by Crippen LogP contribution is -2.29. The second-order valence-corrected chi connectivity index (χ2v) is 5.83. The smallest absolute Gasteiger partial charge is 0.246 e. The van der Waals surface area contributed by atoms with Crippen molar-refractivity contribution in [3.63, 3.8) is 0 Å². The number of nitrogen functional groups attached to an aromatic ring is 1. The molecule has 0 amide bonds. The van der Waals surface area contributed by atoms with E-state index in [1.165, 1.54) is 0 Å². The third-order valence-electron chi connectivity index (χ3n) is 2.13. The summed E-state index contributed by atoms with van der Waals surface area (Å²) in [7, 11) is -4.27. The van der Waals surface area contributed by atoms with Gasteiger partial charge in [0.1, 0.15) is 11.6 Å². The monoisotopic (exact) mass is 294 g/mol. The van der Waals surface area contributed by atoms with Gasteiger partial charge in [-0.15, -0.1) is 0 Å². The Balaban J connectivity index is 2.84. The van der Waals surface area contributed by atoms with E-state index in [1.54, 1.807) is 13.8 Å². The van der Waals surface area contributed by atoms with E-state index >= 15 is 0 Å². The first-order valence-corrected chi connectivity index (χ1v) is 7.08. The van der Waals surface area contributed by atoms with Gasteiger partial charge in [-0.2, -0.15) is 0 Å². The Hall–Kier alpha value is -1.25. The largest absolute Gasteiger partial charge is 0.399 e. The molecule has 108 valence electrons. The highest BCUT2D eigenvalue weighted by Gasteiger charge is 2.24. The van der Waals surface area contributed by atoms with Crippen LogP contribution in [-0.4, -0.2) is 27.7 Å². The number of hydrogen-bond acceptors (Lipinski definition) is 4. The standard InChI is InChI=1S/C11H16F2N2O3S/c1-7(2)18-4-3-15-19(16,17)11-9(12)5-8(14)6-10(11)13/h5-7,15H,3-4,14H2,1-2H3. The van der Waals surface area contributed by atoms with Gasteiger partial charge in [0.05, 0.1) is 12.7 Å². The molecule has 0 aromatic heterocycles. The van der Waals surface area contributed by atoms with Crippen LogP contribution in [0, 0.1) is 11.6 Å². The van der Waals surface area contributed by atoms with Gasteiger partial charge in [-0.1, -0.05) is 0 Å². The van der Waals surface area contributed by atoms with Crippen molar-refractivity contribution in [1.82, 2.24) is 4.72 Å². The van der Waals surface area contributed by atoms with Gasteiger partial charge in [0.25, 0.3) is 0 Å². The highest BCUT2D eigenvalue weighted by atomic mass is 32.2. The maximum absolute atomic E-state index is 13.5. The Morgan fingerprint density at radius 1 is 1.32 bits per heavy atom. The lowest BCUT2D eigenvalue weighted by Gasteiger charge is -2.11. The summed E-state index contributed by atoms with van der Waals surface area (Å²) in [5.41, 5.74) is 5.03. The van der Waals surface area contributed by atoms with Crippen LogP contribution < -0.4 is 10.5 Å². The van der Waals surface area contributed by atoms with Crippen LogP contribution in [0.4, 0.5) is 14.5 Å². The Morgan fingerprint density at radius 2 is 1.84 bits per heavy atom. The molecule has 0 radical (unpaired) electrons. The fourth-order valence-electron chi connectivity index (χ4n) is 1.38. The second kappa shape index (κ2) is 6.27. The van der Waals surface area contributed by atoms with Crippen LogP contribution in [0.2, 0.25) is 0 Å². The first kappa shape index (κ1) is 15.8. The molecule has 0 spiro atoms. The molecule has 5 nitrogen and oxygen atoms in total. The van der Waals surface area contributed by atoms with Crippen molar-refractivity contribution in [3.8, 4) is 0 Å². The fraction of sp³-hybridized carbons (Fsp3) is 0.455. The van der Waals surface area contributed by atoms with Gasteiger partial charge < -0.3 is 10.5 Å². The van der Waals surface area contributed by atoms with E-state index in [0.29, 0.717) is 0 Å². The molecule has 0 aliphatic carbocycles. The number of hydrogen-bond donors (Lipinski definition) is 2. The average molecular weight is 294 g/mol. The van der Waals surface area contributed by atoms with E-state index in [9.17, 15) is 17.2 Å². The Morgan fingerprint density at radius 3 is 2.32 bits per heavy atom. The summed E-state index contributed by atoms with van der Waals surface area (Å²) in [5, 5.41) is 0. The number of rotatable bonds is 6. The van der Waals surface area contributed by atoms with Crippen LogP contribution in [0.5, 0.6) is 0 Å². The van der Waals surface area contributed by atoms with Crippen molar-refractivity contribution in [1.29, 1.82) is 0 Å². The van der Waals surface area contributed by atoms with Crippen molar-refractivity contribution in [2.75, 3.05) is 18.9 Å². The van der Waals surface area contributed by atoms with E-state index in [1.807, 2.05) is 0 Å².